The second-order valence-corrected chi connectivity index (χ2v) is 6.79. The van der Waals surface area contributed by atoms with Crippen LogP contribution in [0.4, 0.5) is 0 Å². The molecule has 1 aliphatic heterocycles. The molecule has 3 rings (SSSR count). The zero-order valence-electron chi connectivity index (χ0n) is 16.0. The molecular weight excluding hydrogens is 354 g/mol. The lowest BCUT2D eigenvalue weighted by Gasteiger charge is -2.26. The molecule has 1 heterocycles. The van der Waals surface area contributed by atoms with Gasteiger partial charge in [0.05, 0.1) is 19.3 Å². The van der Waals surface area contributed by atoms with Gasteiger partial charge in [0.25, 0.3) is 0 Å². The van der Waals surface area contributed by atoms with Crippen molar-refractivity contribution in [1.29, 1.82) is 0 Å². The maximum atomic E-state index is 12.4. The van der Waals surface area contributed by atoms with Crippen LogP contribution in [0.15, 0.2) is 60.7 Å². The highest BCUT2D eigenvalue weighted by atomic mass is 16.5. The Kier molecular flexibility index (Phi) is 7.58. The SMILES string of the molecule is O=C(NCCCN1CCOCC1)C(=O)NC(c1ccccc1)c1ccccc1. The number of carbonyl (C=O) groups excluding carboxylic acids is 2. The molecule has 2 aromatic rings. The number of nitrogens with one attached hydrogen (secondary N) is 2. The molecule has 0 bridgehead atoms. The predicted octanol–water partition coefficient (Wildman–Crippen LogP) is 1.73. The molecule has 0 spiro atoms. The number of ether oxygens (including phenoxy) is 1. The molecule has 28 heavy (non-hydrogen) atoms. The van der Waals surface area contributed by atoms with Crippen molar-refractivity contribution >= 4 is 11.8 Å². The van der Waals surface area contributed by atoms with Crippen LogP contribution in [0.3, 0.4) is 0 Å². The molecule has 0 atom stereocenters. The van der Waals surface area contributed by atoms with Gasteiger partial charge in [-0.15, -0.1) is 0 Å². The fraction of sp³-hybridized carbons (Fsp3) is 0.364. The Morgan fingerprint density at radius 2 is 1.46 bits per heavy atom. The Morgan fingerprint density at radius 3 is 2.04 bits per heavy atom. The smallest absolute Gasteiger partial charge is 0.310 e. The highest BCUT2D eigenvalue weighted by Gasteiger charge is 2.21. The van der Waals surface area contributed by atoms with Crippen LogP contribution >= 0.6 is 0 Å². The van der Waals surface area contributed by atoms with Crippen molar-refractivity contribution < 1.29 is 14.3 Å². The Hall–Kier alpha value is -2.70. The van der Waals surface area contributed by atoms with E-state index in [1.165, 1.54) is 0 Å². The second-order valence-electron chi connectivity index (χ2n) is 6.79. The number of carbonyl (C=O) groups is 2. The number of hydrogen-bond donors (Lipinski definition) is 2. The van der Waals surface area contributed by atoms with Crippen LogP contribution in [-0.2, 0) is 14.3 Å². The normalized spacial score (nSPS) is 14.6. The first-order valence-electron chi connectivity index (χ1n) is 9.73. The Balaban J connectivity index is 1.52. The van der Waals surface area contributed by atoms with Gasteiger partial charge in [0.15, 0.2) is 0 Å². The quantitative estimate of drug-likeness (QED) is 0.566. The van der Waals surface area contributed by atoms with Gasteiger partial charge in [0.1, 0.15) is 0 Å². The first-order valence-corrected chi connectivity index (χ1v) is 9.73. The van der Waals surface area contributed by atoms with E-state index in [0.29, 0.717) is 6.54 Å². The van der Waals surface area contributed by atoms with Gasteiger partial charge < -0.3 is 15.4 Å². The van der Waals surface area contributed by atoms with Gasteiger partial charge in [-0.1, -0.05) is 60.7 Å². The Bertz CT molecular complexity index is 707. The summed E-state index contributed by atoms with van der Waals surface area (Å²) in [6.07, 6.45) is 0.805. The molecule has 6 nitrogen and oxygen atoms in total. The minimum atomic E-state index is -0.621. The summed E-state index contributed by atoms with van der Waals surface area (Å²) >= 11 is 0. The molecule has 1 fully saturated rings. The number of hydrogen-bond acceptors (Lipinski definition) is 4. The van der Waals surface area contributed by atoms with E-state index in [1.54, 1.807) is 0 Å². The maximum Gasteiger partial charge on any atom is 0.310 e. The van der Waals surface area contributed by atoms with E-state index in [9.17, 15) is 9.59 Å². The van der Waals surface area contributed by atoms with Crippen LogP contribution in [-0.4, -0.2) is 56.1 Å². The van der Waals surface area contributed by atoms with Crippen molar-refractivity contribution in [1.82, 2.24) is 15.5 Å². The van der Waals surface area contributed by atoms with Crippen LogP contribution in [0.25, 0.3) is 0 Å². The van der Waals surface area contributed by atoms with Gasteiger partial charge in [0.2, 0.25) is 0 Å². The van der Waals surface area contributed by atoms with Crippen molar-refractivity contribution in [2.75, 3.05) is 39.4 Å². The zero-order valence-corrected chi connectivity index (χ0v) is 16.0. The first-order chi connectivity index (χ1) is 13.7. The van der Waals surface area contributed by atoms with E-state index in [2.05, 4.69) is 15.5 Å². The molecule has 2 amide bonds. The number of amides is 2. The number of rotatable bonds is 7. The second kappa shape index (κ2) is 10.6. The Morgan fingerprint density at radius 1 is 0.893 bits per heavy atom. The zero-order chi connectivity index (χ0) is 19.6. The summed E-state index contributed by atoms with van der Waals surface area (Å²) in [6.45, 7) is 4.73. The van der Waals surface area contributed by atoms with E-state index < -0.39 is 11.8 Å². The maximum absolute atomic E-state index is 12.4. The molecule has 0 radical (unpaired) electrons. The topological polar surface area (TPSA) is 70.7 Å². The monoisotopic (exact) mass is 381 g/mol. The molecule has 2 aromatic carbocycles. The van der Waals surface area contributed by atoms with Gasteiger partial charge in [-0.05, 0) is 24.1 Å². The first kappa shape index (κ1) is 20.0. The third kappa shape index (κ3) is 5.90. The van der Waals surface area contributed by atoms with E-state index in [1.807, 2.05) is 60.7 Å². The van der Waals surface area contributed by atoms with E-state index >= 15 is 0 Å². The van der Waals surface area contributed by atoms with Crippen molar-refractivity contribution in [3.05, 3.63) is 71.8 Å². The minimum absolute atomic E-state index is 0.367. The number of morpholine rings is 1. The lowest BCUT2D eigenvalue weighted by atomic mass is 9.99. The summed E-state index contributed by atoms with van der Waals surface area (Å²) in [5.41, 5.74) is 1.87. The Labute approximate surface area is 165 Å². The molecular formula is C22H27N3O3. The van der Waals surface area contributed by atoms with Crippen molar-refractivity contribution in [2.24, 2.45) is 0 Å². The van der Waals surface area contributed by atoms with Gasteiger partial charge >= 0.3 is 11.8 Å². The standard InChI is InChI=1S/C22H27N3O3/c26-21(23-12-7-13-25-14-16-28-17-15-25)22(27)24-20(18-8-3-1-4-9-18)19-10-5-2-6-11-19/h1-6,8-11,20H,7,12-17H2,(H,23,26)(H,24,27). The largest absolute Gasteiger partial charge is 0.379 e. The van der Waals surface area contributed by atoms with Gasteiger partial charge in [-0.3, -0.25) is 14.5 Å². The van der Waals surface area contributed by atoms with Crippen molar-refractivity contribution in [2.45, 2.75) is 12.5 Å². The minimum Gasteiger partial charge on any atom is -0.379 e. The average Bonchev–Trinajstić information content (AvgIpc) is 2.76. The summed E-state index contributed by atoms with van der Waals surface area (Å²) < 4.78 is 5.32. The summed E-state index contributed by atoms with van der Waals surface area (Å²) in [5.74, 6) is -1.22. The van der Waals surface area contributed by atoms with Gasteiger partial charge in [0, 0.05) is 19.6 Å². The number of benzene rings is 2. The lowest BCUT2D eigenvalue weighted by Crippen LogP contribution is -2.43. The van der Waals surface area contributed by atoms with E-state index in [-0.39, 0.29) is 6.04 Å². The summed E-state index contributed by atoms with van der Waals surface area (Å²) in [5, 5.41) is 5.58. The fourth-order valence-electron chi connectivity index (χ4n) is 3.26. The van der Waals surface area contributed by atoms with Gasteiger partial charge in [-0.25, -0.2) is 0 Å². The average molecular weight is 381 g/mol. The predicted molar refractivity (Wildman–Crippen MR) is 108 cm³/mol. The molecule has 148 valence electrons. The number of nitrogens with zero attached hydrogens (tertiary/aromatic N) is 1. The van der Waals surface area contributed by atoms with Crippen LogP contribution in [0.1, 0.15) is 23.6 Å². The van der Waals surface area contributed by atoms with Crippen LogP contribution < -0.4 is 10.6 Å². The molecule has 0 aliphatic carbocycles. The molecule has 2 N–H and O–H groups in total. The molecule has 0 unspecified atom stereocenters. The summed E-state index contributed by atoms with van der Waals surface area (Å²) in [4.78, 5) is 27.0. The highest BCUT2D eigenvalue weighted by Crippen LogP contribution is 2.21. The highest BCUT2D eigenvalue weighted by molar-refractivity contribution is 6.35. The molecule has 0 saturated carbocycles. The van der Waals surface area contributed by atoms with Crippen LogP contribution in [0.2, 0.25) is 0 Å². The fourth-order valence-corrected chi connectivity index (χ4v) is 3.26. The third-order valence-electron chi connectivity index (χ3n) is 4.79. The lowest BCUT2D eigenvalue weighted by molar-refractivity contribution is -0.139. The summed E-state index contributed by atoms with van der Waals surface area (Å²) in [6, 6.07) is 18.9. The van der Waals surface area contributed by atoms with E-state index in [0.717, 1.165) is 50.4 Å². The third-order valence-corrected chi connectivity index (χ3v) is 4.79. The van der Waals surface area contributed by atoms with Crippen molar-refractivity contribution in [3.63, 3.8) is 0 Å². The van der Waals surface area contributed by atoms with E-state index in [4.69, 9.17) is 4.74 Å². The molecule has 0 aromatic heterocycles. The van der Waals surface area contributed by atoms with Crippen molar-refractivity contribution in [3.8, 4) is 0 Å². The van der Waals surface area contributed by atoms with Gasteiger partial charge in [-0.2, -0.15) is 0 Å². The molecule has 6 heteroatoms. The van der Waals surface area contributed by atoms with Crippen LogP contribution in [0, 0.1) is 0 Å². The molecule has 1 aliphatic rings. The summed E-state index contributed by atoms with van der Waals surface area (Å²) in [7, 11) is 0. The molecule has 1 saturated heterocycles. The van der Waals surface area contributed by atoms with Crippen LogP contribution in [0.5, 0.6) is 0 Å².